The van der Waals surface area contributed by atoms with Gasteiger partial charge in [-0.15, -0.1) is 0 Å². The molecule has 0 aliphatic carbocycles. The van der Waals surface area contributed by atoms with Crippen LogP contribution in [0.5, 0.6) is 0 Å². The van der Waals surface area contributed by atoms with Crippen LogP contribution < -0.4 is 5.32 Å². The van der Waals surface area contributed by atoms with Gasteiger partial charge in [0, 0.05) is 19.1 Å². The van der Waals surface area contributed by atoms with Gasteiger partial charge in [-0.2, -0.15) is 0 Å². The highest BCUT2D eigenvalue weighted by Gasteiger charge is 2.27. The fourth-order valence-electron chi connectivity index (χ4n) is 3.12. The molecule has 0 saturated carbocycles. The zero-order valence-corrected chi connectivity index (χ0v) is 13.3. The van der Waals surface area contributed by atoms with E-state index in [0.29, 0.717) is 12.0 Å². The summed E-state index contributed by atoms with van der Waals surface area (Å²) < 4.78 is 0. The molecule has 1 aromatic rings. The van der Waals surface area contributed by atoms with E-state index in [1.165, 1.54) is 31.5 Å². The van der Waals surface area contributed by atoms with Crippen LogP contribution in [0.3, 0.4) is 0 Å². The number of rotatable bonds is 7. The van der Waals surface area contributed by atoms with Crippen molar-refractivity contribution in [1.82, 2.24) is 10.2 Å². The van der Waals surface area contributed by atoms with Crippen molar-refractivity contribution in [2.24, 2.45) is 11.8 Å². The Kier molecular flexibility index (Phi) is 6.06. The first-order valence-electron chi connectivity index (χ1n) is 8.20. The lowest BCUT2D eigenvalue weighted by Crippen LogP contribution is -2.35. The zero-order chi connectivity index (χ0) is 14.4. The molecule has 0 bridgehead atoms. The third-order valence-electron chi connectivity index (χ3n) is 4.41. The summed E-state index contributed by atoms with van der Waals surface area (Å²) in [7, 11) is 0. The van der Waals surface area contributed by atoms with Crippen molar-refractivity contribution in [3.63, 3.8) is 0 Å². The summed E-state index contributed by atoms with van der Waals surface area (Å²) >= 11 is 0. The smallest absolute Gasteiger partial charge is 0.0472 e. The predicted octanol–water partition coefficient (Wildman–Crippen LogP) is 3.71. The summed E-state index contributed by atoms with van der Waals surface area (Å²) in [5.41, 5.74) is 1.46. The van der Waals surface area contributed by atoms with E-state index in [4.69, 9.17) is 0 Å². The first-order chi connectivity index (χ1) is 9.70. The second-order valence-electron chi connectivity index (χ2n) is 6.54. The minimum atomic E-state index is 0.534. The first-order valence-corrected chi connectivity index (χ1v) is 8.20. The average Bonchev–Trinajstić information content (AvgIpc) is 2.93. The Hall–Kier alpha value is -0.860. The molecule has 2 nitrogen and oxygen atoms in total. The molecule has 0 amide bonds. The van der Waals surface area contributed by atoms with Crippen molar-refractivity contribution < 1.29 is 0 Å². The minimum absolute atomic E-state index is 0.534. The van der Waals surface area contributed by atoms with E-state index >= 15 is 0 Å². The molecule has 112 valence electrons. The lowest BCUT2D eigenvalue weighted by atomic mass is 10.0. The van der Waals surface area contributed by atoms with Crippen LogP contribution in [-0.4, -0.2) is 31.1 Å². The SMILES string of the molecule is CCC1CCN(C(CNCC(C)C)c2ccccc2)C1. The maximum Gasteiger partial charge on any atom is 0.0472 e. The Morgan fingerprint density at radius 3 is 2.55 bits per heavy atom. The van der Waals surface area contributed by atoms with Crippen LogP contribution in [0.4, 0.5) is 0 Å². The molecule has 2 rings (SSSR count). The van der Waals surface area contributed by atoms with Gasteiger partial charge < -0.3 is 5.32 Å². The van der Waals surface area contributed by atoms with Gasteiger partial charge in [-0.3, -0.25) is 4.90 Å². The van der Waals surface area contributed by atoms with Crippen LogP contribution in [0.2, 0.25) is 0 Å². The molecule has 1 saturated heterocycles. The third kappa shape index (κ3) is 4.32. The monoisotopic (exact) mass is 274 g/mol. The molecule has 2 atom stereocenters. The fraction of sp³-hybridized carbons (Fsp3) is 0.667. The van der Waals surface area contributed by atoms with Crippen LogP contribution in [0, 0.1) is 11.8 Å². The highest BCUT2D eigenvalue weighted by Crippen LogP contribution is 2.28. The molecular formula is C18H30N2. The molecule has 1 aliphatic rings. The van der Waals surface area contributed by atoms with Crippen molar-refractivity contribution >= 4 is 0 Å². The van der Waals surface area contributed by atoms with Gasteiger partial charge in [0.2, 0.25) is 0 Å². The number of likely N-dealkylation sites (tertiary alicyclic amines) is 1. The van der Waals surface area contributed by atoms with Gasteiger partial charge in [-0.25, -0.2) is 0 Å². The summed E-state index contributed by atoms with van der Waals surface area (Å²) in [5, 5.41) is 3.65. The van der Waals surface area contributed by atoms with Gasteiger partial charge >= 0.3 is 0 Å². The number of nitrogens with one attached hydrogen (secondary N) is 1. The van der Waals surface area contributed by atoms with Gasteiger partial charge in [0.25, 0.3) is 0 Å². The van der Waals surface area contributed by atoms with E-state index in [9.17, 15) is 0 Å². The molecule has 0 radical (unpaired) electrons. The van der Waals surface area contributed by atoms with Crippen LogP contribution in [0.1, 0.15) is 45.2 Å². The molecular weight excluding hydrogens is 244 g/mol. The summed E-state index contributed by atoms with van der Waals surface area (Å²) in [5.74, 6) is 1.61. The van der Waals surface area contributed by atoms with Crippen molar-refractivity contribution in [2.75, 3.05) is 26.2 Å². The van der Waals surface area contributed by atoms with E-state index in [2.05, 4.69) is 61.3 Å². The number of nitrogens with zero attached hydrogens (tertiary/aromatic N) is 1. The molecule has 1 aromatic carbocycles. The average molecular weight is 274 g/mol. The Labute approximate surface area is 124 Å². The number of hydrogen-bond acceptors (Lipinski definition) is 2. The molecule has 20 heavy (non-hydrogen) atoms. The summed E-state index contributed by atoms with van der Waals surface area (Å²) in [6.07, 6.45) is 2.68. The summed E-state index contributed by atoms with van der Waals surface area (Å²) in [6, 6.07) is 11.5. The molecule has 1 aliphatic heterocycles. The molecule has 0 spiro atoms. The van der Waals surface area contributed by atoms with Crippen LogP contribution in [-0.2, 0) is 0 Å². The van der Waals surface area contributed by atoms with Crippen molar-refractivity contribution in [1.29, 1.82) is 0 Å². The van der Waals surface area contributed by atoms with Crippen molar-refractivity contribution in [3.05, 3.63) is 35.9 Å². The fourth-order valence-corrected chi connectivity index (χ4v) is 3.12. The van der Waals surface area contributed by atoms with E-state index in [-0.39, 0.29) is 0 Å². The minimum Gasteiger partial charge on any atom is -0.315 e. The van der Waals surface area contributed by atoms with Gasteiger partial charge in [0.05, 0.1) is 0 Å². The van der Waals surface area contributed by atoms with Gasteiger partial charge in [0.15, 0.2) is 0 Å². The molecule has 2 unspecified atom stereocenters. The highest BCUT2D eigenvalue weighted by molar-refractivity contribution is 5.19. The molecule has 1 N–H and O–H groups in total. The summed E-state index contributed by atoms with van der Waals surface area (Å²) in [6.45, 7) is 11.6. The number of benzene rings is 1. The maximum absolute atomic E-state index is 3.65. The van der Waals surface area contributed by atoms with Crippen LogP contribution in [0.25, 0.3) is 0 Å². The standard InChI is InChI=1S/C18H30N2/c1-4-16-10-11-20(14-16)18(13-19-12-15(2)3)17-8-6-5-7-9-17/h5-9,15-16,18-19H,4,10-14H2,1-3H3. The van der Waals surface area contributed by atoms with E-state index < -0.39 is 0 Å². The Bertz CT molecular complexity index is 374. The van der Waals surface area contributed by atoms with Gasteiger partial charge in [-0.1, -0.05) is 57.5 Å². The van der Waals surface area contributed by atoms with Crippen LogP contribution in [0.15, 0.2) is 30.3 Å². The molecule has 1 heterocycles. The molecule has 1 fully saturated rings. The Morgan fingerprint density at radius 1 is 1.20 bits per heavy atom. The quantitative estimate of drug-likeness (QED) is 0.815. The lowest BCUT2D eigenvalue weighted by molar-refractivity contribution is 0.227. The van der Waals surface area contributed by atoms with E-state index in [1.54, 1.807) is 0 Å². The van der Waals surface area contributed by atoms with Crippen molar-refractivity contribution in [2.45, 2.75) is 39.7 Å². The first kappa shape index (κ1) is 15.5. The summed E-state index contributed by atoms with van der Waals surface area (Å²) in [4.78, 5) is 2.68. The van der Waals surface area contributed by atoms with E-state index in [1.807, 2.05) is 0 Å². The van der Waals surface area contributed by atoms with E-state index in [0.717, 1.165) is 19.0 Å². The molecule has 0 aromatic heterocycles. The predicted molar refractivity (Wildman–Crippen MR) is 86.9 cm³/mol. The topological polar surface area (TPSA) is 15.3 Å². The third-order valence-corrected chi connectivity index (χ3v) is 4.41. The number of hydrogen-bond donors (Lipinski definition) is 1. The Morgan fingerprint density at radius 2 is 1.95 bits per heavy atom. The largest absolute Gasteiger partial charge is 0.315 e. The second kappa shape index (κ2) is 7.80. The highest BCUT2D eigenvalue weighted by atomic mass is 15.2. The normalized spacial score (nSPS) is 21.5. The van der Waals surface area contributed by atoms with Gasteiger partial charge in [-0.05, 0) is 36.9 Å². The van der Waals surface area contributed by atoms with Crippen LogP contribution >= 0.6 is 0 Å². The lowest BCUT2D eigenvalue weighted by Gasteiger charge is -2.29. The molecule has 2 heteroatoms. The zero-order valence-electron chi connectivity index (χ0n) is 13.3. The maximum atomic E-state index is 3.65. The second-order valence-corrected chi connectivity index (χ2v) is 6.54. The van der Waals surface area contributed by atoms with Gasteiger partial charge in [0.1, 0.15) is 0 Å². The van der Waals surface area contributed by atoms with Crippen molar-refractivity contribution in [3.8, 4) is 0 Å². The Balaban J connectivity index is 2.01.